The number of amides is 2. The van der Waals surface area contributed by atoms with Crippen LogP contribution in [0.1, 0.15) is 20.3 Å². The zero-order chi connectivity index (χ0) is 16.1. The fourth-order valence-corrected chi connectivity index (χ4v) is 1.33. The molecule has 0 saturated carbocycles. The molecule has 0 spiro atoms. The number of rotatable bonds is 10. The van der Waals surface area contributed by atoms with Gasteiger partial charge in [-0.2, -0.15) is 0 Å². The predicted octanol–water partition coefficient (Wildman–Crippen LogP) is 1.24. The molecule has 0 aromatic rings. The van der Waals surface area contributed by atoms with Gasteiger partial charge in [-0.15, -0.1) is 0 Å². The highest BCUT2D eigenvalue weighted by Crippen LogP contribution is 1.91. The van der Waals surface area contributed by atoms with Gasteiger partial charge < -0.3 is 20.3 Å². The number of nitrogens with one attached hydrogen (secondary N) is 3. The molecule has 7 heteroatoms. The lowest BCUT2D eigenvalue weighted by Crippen LogP contribution is -2.38. The Bertz CT molecular complexity index is 394. The van der Waals surface area contributed by atoms with E-state index in [9.17, 15) is 9.59 Å². The van der Waals surface area contributed by atoms with Gasteiger partial charge in [0.15, 0.2) is 0 Å². The molecule has 21 heavy (non-hydrogen) atoms. The monoisotopic (exact) mass is 296 g/mol. The van der Waals surface area contributed by atoms with Crippen LogP contribution in [0.4, 0.5) is 4.79 Å². The molecule has 0 rings (SSSR count). The second-order valence-corrected chi connectivity index (χ2v) is 4.30. The molecule has 0 aromatic heterocycles. The number of allylic oxidation sites excluding steroid dienone is 1. The van der Waals surface area contributed by atoms with Crippen molar-refractivity contribution in [2.45, 2.75) is 20.3 Å². The third-order valence-electron chi connectivity index (χ3n) is 2.35. The molecule has 2 amide bonds. The van der Waals surface area contributed by atoms with Crippen LogP contribution in [0.15, 0.2) is 24.4 Å². The Morgan fingerprint density at radius 3 is 2.57 bits per heavy atom. The minimum atomic E-state index is -0.465. The van der Waals surface area contributed by atoms with Crippen LogP contribution >= 0.6 is 0 Å². The highest BCUT2D eigenvalue weighted by molar-refractivity contribution is 5.86. The second-order valence-electron chi connectivity index (χ2n) is 4.30. The fraction of sp³-hybridized carbons (Fsp3) is 0.500. The number of carbonyl (C=O) groups is 2. The Kier molecular flexibility index (Phi) is 10.2. The summed E-state index contributed by atoms with van der Waals surface area (Å²) >= 11 is 0. The quantitative estimate of drug-likeness (QED) is 0.186. The van der Waals surface area contributed by atoms with E-state index in [1.54, 1.807) is 18.0 Å². The number of hydrogen-bond acceptors (Lipinski definition) is 4. The summed E-state index contributed by atoms with van der Waals surface area (Å²) in [5, 5.41) is 12.4. The molecular weight excluding hydrogens is 272 g/mol. The smallest absolute Gasteiger partial charge is 0.333 e. The van der Waals surface area contributed by atoms with Gasteiger partial charge in [-0.1, -0.05) is 12.7 Å². The lowest BCUT2D eigenvalue weighted by Gasteiger charge is -2.13. The first kappa shape index (κ1) is 18.7. The lowest BCUT2D eigenvalue weighted by atomic mass is 10.4. The maximum atomic E-state index is 11.4. The molecular formula is C14H24N4O3. The average molecular weight is 296 g/mol. The van der Waals surface area contributed by atoms with E-state index in [-0.39, 0.29) is 19.2 Å². The van der Waals surface area contributed by atoms with E-state index >= 15 is 0 Å². The first-order valence-electron chi connectivity index (χ1n) is 6.74. The molecule has 0 unspecified atom stereocenters. The third kappa shape index (κ3) is 10.2. The van der Waals surface area contributed by atoms with Crippen molar-refractivity contribution < 1.29 is 14.3 Å². The summed E-state index contributed by atoms with van der Waals surface area (Å²) in [6.07, 6.45) is 5.59. The SMILES string of the molecule is C=C(C)C(=O)OCCNC(=O)NCCCN(C=N)/C=C\C. The summed E-state index contributed by atoms with van der Waals surface area (Å²) < 4.78 is 4.83. The van der Waals surface area contributed by atoms with E-state index in [1.165, 1.54) is 6.34 Å². The molecule has 0 aliphatic heterocycles. The van der Waals surface area contributed by atoms with Gasteiger partial charge in [-0.05, 0) is 20.3 Å². The van der Waals surface area contributed by atoms with E-state index < -0.39 is 5.97 Å². The molecule has 118 valence electrons. The molecule has 3 N–H and O–H groups in total. The number of hydrogen-bond donors (Lipinski definition) is 3. The van der Waals surface area contributed by atoms with E-state index in [4.69, 9.17) is 10.1 Å². The molecule has 0 fully saturated rings. The maximum absolute atomic E-state index is 11.4. The molecule has 0 heterocycles. The van der Waals surface area contributed by atoms with Gasteiger partial charge in [-0.25, -0.2) is 9.59 Å². The zero-order valence-corrected chi connectivity index (χ0v) is 12.6. The van der Waals surface area contributed by atoms with E-state index in [0.717, 1.165) is 6.42 Å². The summed E-state index contributed by atoms with van der Waals surface area (Å²) in [4.78, 5) is 24.2. The van der Waals surface area contributed by atoms with Gasteiger partial charge in [0.05, 0.1) is 12.9 Å². The van der Waals surface area contributed by atoms with Crippen molar-refractivity contribution in [1.82, 2.24) is 15.5 Å². The van der Waals surface area contributed by atoms with Crippen molar-refractivity contribution in [3.05, 3.63) is 24.4 Å². The van der Waals surface area contributed by atoms with Crippen molar-refractivity contribution in [3.8, 4) is 0 Å². The van der Waals surface area contributed by atoms with Crippen LogP contribution in [-0.2, 0) is 9.53 Å². The Hall–Kier alpha value is -2.31. The van der Waals surface area contributed by atoms with Crippen LogP contribution < -0.4 is 10.6 Å². The van der Waals surface area contributed by atoms with E-state index in [1.807, 2.05) is 13.0 Å². The summed E-state index contributed by atoms with van der Waals surface area (Å²) in [6, 6.07) is -0.311. The van der Waals surface area contributed by atoms with Gasteiger partial charge >= 0.3 is 12.0 Å². The topological polar surface area (TPSA) is 94.5 Å². The zero-order valence-electron chi connectivity index (χ0n) is 12.6. The van der Waals surface area contributed by atoms with Crippen LogP contribution in [0.2, 0.25) is 0 Å². The van der Waals surface area contributed by atoms with Crippen LogP contribution in [0.25, 0.3) is 0 Å². The first-order valence-corrected chi connectivity index (χ1v) is 6.74. The molecule has 0 aliphatic rings. The number of nitrogens with zero attached hydrogens (tertiary/aromatic N) is 1. The minimum absolute atomic E-state index is 0.113. The molecule has 0 bridgehead atoms. The van der Waals surface area contributed by atoms with Gasteiger partial charge in [-0.3, -0.25) is 5.41 Å². The van der Waals surface area contributed by atoms with Gasteiger partial charge in [0.1, 0.15) is 6.61 Å². The number of ether oxygens (including phenoxy) is 1. The predicted molar refractivity (Wildman–Crippen MR) is 82.1 cm³/mol. The minimum Gasteiger partial charge on any atom is -0.460 e. The van der Waals surface area contributed by atoms with Gasteiger partial charge in [0.25, 0.3) is 0 Å². The highest BCUT2D eigenvalue weighted by Gasteiger charge is 2.03. The molecule has 0 saturated heterocycles. The molecule has 0 atom stereocenters. The van der Waals surface area contributed by atoms with Crippen molar-refractivity contribution in [3.63, 3.8) is 0 Å². The summed E-state index contributed by atoms with van der Waals surface area (Å²) in [7, 11) is 0. The molecule has 0 aromatic carbocycles. The Balaban J connectivity index is 3.61. The number of carbonyl (C=O) groups excluding carboxylic acids is 2. The van der Waals surface area contributed by atoms with Gasteiger partial charge in [0.2, 0.25) is 0 Å². The standard InChI is InChI=1S/C14H24N4O3/c1-4-8-18(11-15)9-5-6-16-14(20)17-7-10-21-13(19)12(2)3/h4,8,11,15H,2,5-7,9-10H2,1,3H3,(H2,16,17,20)/b8-4-,15-11?. The largest absolute Gasteiger partial charge is 0.460 e. The van der Waals surface area contributed by atoms with Crippen LogP contribution in [0.3, 0.4) is 0 Å². The fourth-order valence-electron chi connectivity index (χ4n) is 1.33. The second kappa shape index (κ2) is 11.5. The Morgan fingerprint density at radius 2 is 2.00 bits per heavy atom. The van der Waals surface area contributed by atoms with Crippen molar-refractivity contribution in [2.75, 3.05) is 26.2 Å². The number of urea groups is 1. The third-order valence-corrected chi connectivity index (χ3v) is 2.35. The highest BCUT2D eigenvalue weighted by atomic mass is 16.5. The summed E-state index contributed by atoms with van der Waals surface area (Å²) in [5.74, 6) is -0.465. The Labute approximate surface area is 125 Å². The molecule has 0 radical (unpaired) electrons. The van der Waals surface area contributed by atoms with Crippen LogP contribution in [0, 0.1) is 5.41 Å². The summed E-state index contributed by atoms with van der Waals surface area (Å²) in [5.41, 5.74) is 0.330. The van der Waals surface area contributed by atoms with Crippen molar-refractivity contribution in [2.24, 2.45) is 0 Å². The number of esters is 1. The maximum Gasteiger partial charge on any atom is 0.333 e. The Morgan fingerprint density at radius 1 is 1.33 bits per heavy atom. The van der Waals surface area contributed by atoms with E-state index in [0.29, 0.717) is 18.7 Å². The average Bonchev–Trinajstić information content (AvgIpc) is 2.46. The normalized spacial score (nSPS) is 10.0. The van der Waals surface area contributed by atoms with Crippen LogP contribution in [0.5, 0.6) is 0 Å². The molecule has 0 aliphatic carbocycles. The van der Waals surface area contributed by atoms with E-state index in [2.05, 4.69) is 17.2 Å². The van der Waals surface area contributed by atoms with Crippen molar-refractivity contribution in [1.29, 1.82) is 5.41 Å². The van der Waals surface area contributed by atoms with Crippen molar-refractivity contribution >= 4 is 18.3 Å². The first-order chi connectivity index (χ1) is 10.0. The van der Waals surface area contributed by atoms with Crippen LogP contribution in [-0.4, -0.2) is 49.5 Å². The summed E-state index contributed by atoms with van der Waals surface area (Å²) in [6.45, 7) is 8.41. The molecule has 7 nitrogen and oxygen atoms in total. The lowest BCUT2D eigenvalue weighted by molar-refractivity contribution is -0.138. The van der Waals surface area contributed by atoms with Gasteiger partial charge in [0, 0.05) is 24.9 Å².